The number of rotatable bonds is 9. The lowest BCUT2D eigenvalue weighted by Gasteiger charge is -2.44. The quantitative estimate of drug-likeness (QED) is 0.360. The molecule has 0 aliphatic rings. The van der Waals surface area contributed by atoms with Crippen molar-refractivity contribution in [1.29, 1.82) is 0 Å². The fourth-order valence-electron chi connectivity index (χ4n) is 1.68. The molecule has 164 valence electrons. The van der Waals surface area contributed by atoms with E-state index in [1.165, 1.54) is 0 Å². The summed E-state index contributed by atoms with van der Waals surface area (Å²) in [7, 11) is -5.27. The highest BCUT2D eigenvalue weighted by molar-refractivity contribution is 6.68. The maximum absolute atomic E-state index is 13.9. The maximum Gasteiger partial charge on any atom is 0.418 e. The average Bonchev–Trinajstić information content (AvgIpc) is 2.52. The van der Waals surface area contributed by atoms with Crippen molar-refractivity contribution >= 4 is 8.56 Å². The van der Waals surface area contributed by atoms with Gasteiger partial charge in [-0.25, -0.2) is 4.39 Å². The summed E-state index contributed by atoms with van der Waals surface area (Å²) in [5.74, 6) is -37.0. The Bertz CT molecular complexity index is 500. The molecule has 0 aromatic heterocycles. The first-order chi connectivity index (χ1) is 11.6. The first-order valence-electron chi connectivity index (χ1n) is 6.58. The molecule has 27 heavy (non-hydrogen) atoms. The summed E-state index contributed by atoms with van der Waals surface area (Å²) in [5.41, 5.74) is -6.32. The molecule has 0 heterocycles. The van der Waals surface area contributed by atoms with Crippen LogP contribution >= 0.6 is 0 Å². The van der Waals surface area contributed by atoms with Crippen molar-refractivity contribution in [2.24, 2.45) is 0 Å². The zero-order chi connectivity index (χ0) is 22.5. The molecule has 1 atom stereocenters. The van der Waals surface area contributed by atoms with Crippen molar-refractivity contribution in [3.8, 4) is 0 Å². The van der Waals surface area contributed by atoms with Crippen molar-refractivity contribution in [1.82, 2.24) is 0 Å². The number of alkyl halides is 13. The van der Waals surface area contributed by atoms with Crippen LogP contribution in [0.5, 0.6) is 0 Å². The Morgan fingerprint density at radius 2 is 0.926 bits per heavy atom. The van der Waals surface area contributed by atoms with Crippen LogP contribution in [0.4, 0.5) is 57.1 Å². The predicted molar refractivity (Wildman–Crippen MR) is 65.9 cm³/mol. The molecule has 0 saturated heterocycles. The Hall–Kier alpha value is -0.773. The van der Waals surface area contributed by atoms with E-state index >= 15 is 0 Å². The molecule has 0 spiro atoms. The van der Waals surface area contributed by atoms with Crippen LogP contribution < -0.4 is 0 Å². The van der Waals surface area contributed by atoms with E-state index in [-0.39, 0.29) is 20.8 Å². The third-order valence-electron chi connectivity index (χ3n) is 3.84. The van der Waals surface area contributed by atoms with Crippen molar-refractivity contribution < 1.29 is 65.9 Å². The lowest BCUT2D eigenvalue weighted by molar-refractivity contribution is -0.423. The Labute approximate surface area is 144 Å². The maximum atomic E-state index is 13.9. The topological polar surface area (TPSA) is 18.5 Å². The Morgan fingerprint density at radius 3 is 1.19 bits per heavy atom. The highest BCUT2D eigenvalue weighted by Crippen LogP contribution is 2.61. The zero-order valence-electron chi connectivity index (χ0n) is 13.8. The third kappa shape index (κ3) is 3.20. The van der Waals surface area contributed by atoms with Gasteiger partial charge in [-0.3, -0.25) is 0 Å². The van der Waals surface area contributed by atoms with Crippen LogP contribution in [-0.2, 0) is 8.85 Å². The van der Waals surface area contributed by atoms with Crippen LogP contribution in [0.2, 0.25) is 6.55 Å². The van der Waals surface area contributed by atoms with Crippen LogP contribution in [0.3, 0.4) is 0 Å². The average molecular weight is 452 g/mol. The fourth-order valence-corrected chi connectivity index (χ4v) is 3.08. The summed E-state index contributed by atoms with van der Waals surface area (Å²) in [6, 6.07) is 0. The summed E-state index contributed by atoms with van der Waals surface area (Å²) in [6.45, 7) is -0.444. The summed E-state index contributed by atoms with van der Waals surface area (Å²) in [4.78, 5) is 0. The van der Waals surface area contributed by atoms with Gasteiger partial charge in [-0.2, -0.15) is 52.7 Å². The highest BCUT2D eigenvalue weighted by atomic mass is 28.4. The predicted octanol–water partition coefficient (Wildman–Crippen LogP) is 5.06. The van der Waals surface area contributed by atoms with Crippen molar-refractivity contribution in [3.05, 3.63) is 0 Å². The van der Waals surface area contributed by atoms with E-state index < -0.39 is 56.8 Å². The monoisotopic (exact) mass is 452 g/mol. The minimum absolute atomic E-state index is 0.00547. The van der Waals surface area contributed by atoms with Gasteiger partial charge in [-0.05, 0) is 13.5 Å². The van der Waals surface area contributed by atoms with Gasteiger partial charge >= 0.3 is 43.7 Å². The molecule has 0 N–H and O–H groups in total. The van der Waals surface area contributed by atoms with E-state index in [4.69, 9.17) is 0 Å². The Kier molecular flexibility index (Phi) is 6.73. The molecule has 0 rings (SSSR count). The number of halogens is 13. The van der Waals surface area contributed by atoms with Gasteiger partial charge in [0.25, 0.3) is 0 Å². The van der Waals surface area contributed by atoms with Crippen molar-refractivity contribution in [2.75, 3.05) is 14.2 Å². The fraction of sp³-hybridized carbons (Fsp3) is 1.00. The van der Waals surface area contributed by atoms with Gasteiger partial charge in [0.05, 0.1) is 0 Å². The molecule has 2 nitrogen and oxygen atoms in total. The molecule has 0 bridgehead atoms. The van der Waals surface area contributed by atoms with Crippen LogP contribution in [-0.4, -0.2) is 64.1 Å². The Morgan fingerprint density at radius 1 is 0.630 bits per heavy atom. The van der Waals surface area contributed by atoms with Gasteiger partial charge < -0.3 is 8.85 Å². The molecule has 0 saturated carbocycles. The number of hydrogen-bond acceptors (Lipinski definition) is 2. The van der Waals surface area contributed by atoms with Crippen molar-refractivity contribution in [3.63, 3.8) is 0 Å². The molecule has 0 amide bonds. The summed E-state index contributed by atoms with van der Waals surface area (Å²) < 4.78 is 182. The first-order valence-corrected chi connectivity index (χ1v) is 8.89. The molecule has 16 heteroatoms. The second-order valence-electron chi connectivity index (χ2n) is 5.46. The molecule has 0 radical (unpaired) electrons. The van der Waals surface area contributed by atoms with Gasteiger partial charge in [0.15, 0.2) is 6.17 Å². The Balaban J connectivity index is 6.61. The van der Waals surface area contributed by atoms with Crippen molar-refractivity contribution in [2.45, 2.75) is 54.8 Å². The summed E-state index contributed by atoms with van der Waals surface area (Å²) in [6.07, 6.45) is -4.22. The van der Waals surface area contributed by atoms with E-state index in [1.54, 1.807) is 0 Å². The third-order valence-corrected chi connectivity index (χ3v) is 6.86. The van der Waals surface area contributed by atoms with E-state index in [0.717, 1.165) is 0 Å². The molecule has 0 aliphatic carbocycles. The molecule has 1 unspecified atom stereocenters. The highest BCUT2D eigenvalue weighted by Gasteiger charge is 2.93. The second-order valence-corrected chi connectivity index (χ2v) is 8.80. The van der Waals surface area contributed by atoms with Gasteiger partial charge in [0, 0.05) is 14.2 Å². The van der Waals surface area contributed by atoms with Crippen LogP contribution in [0.1, 0.15) is 6.92 Å². The summed E-state index contributed by atoms with van der Waals surface area (Å²) >= 11 is 0. The minimum atomic E-state index is -7.81. The largest absolute Gasteiger partial charge is 0.418 e. The SMILES string of the molecule is CO[Si](C)(OC)C(F)(F)C(F)(F)C(F)(F)C(F)(F)C(F)(F)C(F)(F)C(C)F. The van der Waals surface area contributed by atoms with Gasteiger partial charge in [0.2, 0.25) is 0 Å². The van der Waals surface area contributed by atoms with E-state index in [1.807, 2.05) is 0 Å². The second kappa shape index (κ2) is 6.93. The van der Waals surface area contributed by atoms with E-state index in [0.29, 0.717) is 0 Å². The zero-order valence-corrected chi connectivity index (χ0v) is 14.8. The molecule has 0 aromatic rings. The van der Waals surface area contributed by atoms with Gasteiger partial charge in [-0.1, -0.05) is 0 Å². The lowest BCUT2D eigenvalue weighted by Crippen LogP contribution is -2.76. The smallest absolute Gasteiger partial charge is 0.394 e. The normalized spacial score (nSPS) is 17.2. The lowest BCUT2D eigenvalue weighted by atomic mass is 9.92. The first kappa shape index (κ1) is 26.2. The van der Waals surface area contributed by atoms with Crippen LogP contribution in [0, 0.1) is 0 Å². The molecular formula is C11H13F13O2Si. The number of hydrogen-bond donors (Lipinski definition) is 0. The van der Waals surface area contributed by atoms with E-state index in [2.05, 4.69) is 8.85 Å². The van der Waals surface area contributed by atoms with Crippen LogP contribution in [0.15, 0.2) is 0 Å². The standard InChI is InChI=1S/C11H13F13O2Si/c1-5(12)6(13,14)7(15,16)8(17,18)9(19,20)10(21,22)11(23,24)27(4,25-2)26-3/h5H,1-4H3. The summed E-state index contributed by atoms with van der Waals surface area (Å²) in [5, 5.41) is 0. The van der Waals surface area contributed by atoms with Crippen LogP contribution in [0.25, 0.3) is 0 Å². The van der Waals surface area contributed by atoms with E-state index in [9.17, 15) is 57.1 Å². The molecular weight excluding hydrogens is 439 g/mol. The molecule has 0 aromatic carbocycles. The van der Waals surface area contributed by atoms with Gasteiger partial charge in [-0.15, -0.1) is 0 Å². The minimum Gasteiger partial charge on any atom is -0.394 e. The van der Waals surface area contributed by atoms with Gasteiger partial charge in [0.1, 0.15) is 0 Å². The molecule has 0 aliphatic heterocycles. The molecule has 0 fully saturated rings.